The van der Waals surface area contributed by atoms with Crippen molar-refractivity contribution < 1.29 is 9.15 Å². The summed E-state index contributed by atoms with van der Waals surface area (Å²) in [6.45, 7) is 1.70. The van der Waals surface area contributed by atoms with E-state index in [-0.39, 0.29) is 0 Å². The quantitative estimate of drug-likeness (QED) is 0.800. The van der Waals surface area contributed by atoms with Gasteiger partial charge in [-0.15, -0.1) is 0 Å². The first kappa shape index (κ1) is 10.6. The molecule has 1 aliphatic rings. The molecular formula is C11H18N2O2. The van der Waals surface area contributed by atoms with Gasteiger partial charge in [0.25, 0.3) is 0 Å². The van der Waals surface area contributed by atoms with E-state index >= 15 is 0 Å². The number of hydrogen-bond donors (Lipinski definition) is 1. The number of aryl methyl sites for hydroxylation is 1. The minimum atomic E-state index is 0.428. The van der Waals surface area contributed by atoms with Crippen molar-refractivity contribution in [3.05, 3.63) is 17.8 Å². The predicted octanol–water partition coefficient (Wildman–Crippen LogP) is 1.51. The number of ether oxygens (including phenoxy) is 1. The van der Waals surface area contributed by atoms with Crippen LogP contribution in [0.3, 0.4) is 0 Å². The molecule has 0 aromatic carbocycles. The van der Waals surface area contributed by atoms with Gasteiger partial charge in [-0.2, -0.15) is 0 Å². The van der Waals surface area contributed by atoms with Gasteiger partial charge in [-0.3, -0.25) is 0 Å². The lowest BCUT2D eigenvalue weighted by Gasteiger charge is -2.07. The number of nitrogens with one attached hydrogen (secondary N) is 1. The molecule has 1 aliphatic heterocycles. The molecule has 4 heteroatoms. The highest BCUT2D eigenvalue weighted by molar-refractivity contribution is 5.07. The number of nitrogens with zero attached hydrogens (tertiary/aromatic N) is 1. The Morgan fingerprint density at radius 1 is 1.60 bits per heavy atom. The molecule has 1 aromatic heterocycles. The highest BCUT2D eigenvalue weighted by Gasteiger charge is 2.17. The van der Waals surface area contributed by atoms with Gasteiger partial charge in [0, 0.05) is 19.6 Å². The van der Waals surface area contributed by atoms with Gasteiger partial charge in [-0.1, -0.05) is 0 Å². The van der Waals surface area contributed by atoms with Crippen LogP contribution in [0.1, 0.15) is 30.7 Å². The van der Waals surface area contributed by atoms with Crippen molar-refractivity contribution in [2.45, 2.75) is 38.3 Å². The molecular weight excluding hydrogens is 192 g/mol. The molecule has 0 aliphatic carbocycles. The van der Waals surface area contributed by atoms with E-state index in [0.717, 1.165) is 37.4 Å². The van der Waals surface area contributed by atoms with E-state index in [1.807, 2.05) is 7.05 Å². The van der Waals surface area contributed by atoms with Gasteiger partial charge < -0.3 is 14.5 Å². The minimum absolute atomic E-state index is 0.428. The van der Waals surface area contributed by atoms with Gasteiger partial charge in [0.15, 0.2) is 6.39 Å². The molecule has 2 rings (SSSR count). The lowest BCUT2D eigenvalue weighted by molar-refractivity contribution is 0.103. The number of aromatic nitrogens is 1. The molecule has 84 valence electrons. The summed E-state index contributed by atoms with van der Waals surface area (Å²) in [5.41, 5.74) is 1.02. The van der Waals surface area contributed by atoms with E-state index in [1.165, 1.54) is 19.2 Å². The van der Waals surface area contributed by atoms with Crippen LogP contribution >= 0.6 is 0 Å². The van der Waals surface area contributed by atoms with Crippen molar-refractivity contribution in [3.8, 4) is 0 Å². The van der Waals surface area contributed by atoms with Gasteiger partial charge >= 0.3 is 0 Å². The molecule has 1 aromatic rings. The Balaban J connectivity index is 1.83. The summed E-state index contributed by atoms with van der Waals surface area (Å²) < 4.78 is 10.9. The van der Waals surface area contributed by atoms with Crippen molar-refractivity contribution in [2.75, 3.05) is 13.7 Å². The highest BCUT2D eigenvalue weighted by Crippen LogP contribution is 2.19. The molecule has 0 radical (unpaired) electrons. The summed E-state index contributed by atoms with van der Waals surface area (Å²) in [6, 6.07) is 0. The van der Waals surface area contributed by atoms with Crippen LogP contribution in [0, 0.1) is 0 Å². The molecule has 0 bridgehead atoms. The van der Waals surface area contributed by atoms with Gasteiger partial charge in [-0.05, 0) is 26.3 Å². The van der Waals surface area contributed by atoms with Crippen molar-refractivity contribution in [1.82, 2.24) is 10.3 Å². The average molecular weight is 210 g/mol. The monoisotopic (exact) mass is 210 g/mol. The fourth-order valence-corrected chi connectivity index (χ4v) is 1.97. The molecule has 1 saturated heterocycles. The Hall–Kier alpha value is -0.870. The van der Waals surface area contributed by atoms with E-state index in [1.54, 1.807) is 0 Å². The summed E-state index contributed by atoms with van der Waals surface area (Å²) in [7, 11) is 1.92. The fraction of sp³-hybridized carbons (Fsp3) is 0.727. The van der Waals surface area contributed by atoms with Gasteiger partial charge in [0.2, 0.25) is 0 Å². The van der Waals surface area contributed by atoms with Crippen LogP contribution < -0.4 is 5.32 Å². The minimum Gasteiger partial charge on any atom is -0.448 e. The second kappa shape index (κ2) is 5.28. The van der Waals surface area contributed by atoms with Gasteiger partial charge in [-0.25, -0.2) is 4.98 Å². The molecule has 4 nitrogen and oxygen atoms in total. The lowest BCUT2D eigenvalue weighted by atomic mass is 10.1. The third-order valence-corrected chi connectivity index (χ3v) is 2.79. The van der Waals surface area contributed by atoms with Crippen LogP contribution in [0.2, 0.25) is 0 Å². The maximum Gasteiger partial charge on any atom is 0.181 e. The standard InChI is InChI=1S/C11H18N2O2/c1-12-7-10-11(15-8-13-10)5-4-9-3-2-6-14-9/h8-9,12H,2-7H2,1H3. The van der Waals surface area contributed by atoms with Gasteiger partial charge in [0.05, 0.1) is 11.8 Å². The zero-order valence-corrected chi connectivity index (χ0v) is 9.16. The van der Waals surface area contributed by atoms with E-state index in [4.69, 9.17) is 9.15 Å². The largest absolute Gasteiger partial charge is 0.448 e. The summed E-state index contributed by atoms with van der Waals surface area (Å²) >= 11 is 0. The first-order valence-electron chi connectivity index (χ1n) is 5.57. The number of rotatable bonds is 5. The Bertz CT molecular complexity index is 293. The third kappa shape index (κ3) is 2.79. The third-order valence-electron chi connectivity index (χ3n) is 2.79. The lowest BCUT2D eigenvalue weighted by Crippen LogP contribution is -2.10. The summed E-state index contributed by atoms with van der Waals surface area (Å²) in [4.78, 5) is 4.18. The number of oxazole rings is 1. The van der Waals surface area contributed by atoms with Crippen LogP contribution in [-0.4, -0.2) is 24.7 Å². The van der Waals surface area contributed by atoms with Crippen molar-refractivity contribution in [2.24, 2.45) is 0 Å². The second-order valence-electron chi connectivity index (χ2n) is 3.93. The van der Waals surface area contributed by atoms with Crippen LogP contribution in [0.5, 0.6) is 0 Å². The maximum atomic E-state index is 5.57. The Morgan fingerprint density at radius 2 is 2.53 bits per heavy atom. The van der Waals surface area contributed by atoms with Crippen molar-refractivity contribution in [1.29, 1.82) is 0 Å². The summed E-state index contributed by atoms with van der Waals surface area (Å²) in [5.74, 6) is 1.000. The Kier molecular flexibility index (Phi) is 3.75. The van der Waals surface area contributed by atoms with Crippen LogP contribution in [0.25, 0.3) is 0 Å². The highest BCUT2D eigenvalue weighted by atomic mass is 16.5. The molecule has 1 unspecified atom stereocenters. The van der Waals surface area contributed by atoms with Crippen LogP contribution in [0.4, 0.5) is 0 Å². The zero-order valence-electron chi connectivity index (χ0n) is 9.16. The molecule has 1 atom stereocenters. The predicted molar refractivity (Wildman–Crippen MR) is 56.6 cm³/mol. The first-order chi connectivity index (χ1) is 7.40. The first-order valence-corrected chi connectivity index (χ1v) is 5.57. The smallest absolute Gasteiger partial charge is 0.181 e. The molecule has 1 N–H and O–H groups in total. The zero-order chi connectivity index (χ0) is 10.5. The second-order valence-corrected chi connectivity index (χ2v) is 3.93. The molecule has 0 saturated carbocycles. The fourth-order valence-electron chi connectivity index (χ4n) is 1.97. The van der Waals surface area contributed by atoms with Crippen molar-refractivity contribution in [3.63, 3.8) is 0 Å². The van der Waals surface area contributed by atoms with E-state index < -0.39 is 0 Å². The topological polar surface area (TPSA) is 47.3 Å². The molecule has 1 fully saturated rings. The molecule has 2 heterocycles. The van der Waals surface area contributed by atoms with Crippen molar-refractivity contribution >= 4 is 0 Å². The average Bonchev–Trinajstić information content (AvgIpc) is 2.85. The molecule has 15 heavy (non-hydrogen) atoms. The van der Waals surface area contributed by atoms with Gasteiger partial charge in [0.1, 0.15) is 5.76 Å². The summed E-state index contributed by atoms with van der Waals surface area (Å²) in [6.07, 6.45) is 6.32. The van der Waals surface area contributed by atoms with E-state index in [0.29, 0.717) is 6.10 Å². The molecule has 0 spiro atoms. The van der Waals surface area contributed by atoms with Crippen LogP contribution in [-0.2, 0) is 17.7 Å². The Morgan fingerprint density at radius 3 is 3.27 bits per heavy atom. The normalized spacial score (nSPS) is 21.0. The van der Waals surface area contributed by atoms with E-state index in [9.17, 15) is 0 Å². The SMILES string of the molecule is CNCc1ncoc1CCC1CCCO1. The maximum absolute atomic E-state index is 5.57. The molecule has 0 amide bonds. The number of hydrogen-bond acceptors (Lipinski definition) is 4. The Labute approximate surface area is 90.0 Å². The summed E-state index contributed by atoms with van der Waals surface area (Å²) in [5, 5.41) is 3.08. The van der Waals surface area contributed by atoms with Crippen LogP contribution in [0.15, 0.2) is 10.8 Å². The van der Waals surface area contributed by atoms with E-state index in [2.05, 4.69) is 10.3 Å².